The summed E-state index contributed by atoms with van der Waals surface area (Å²) in [6.45, 7) is 4.09. The van der Waals surface area contributed by atoms with E-state index in [2.05, 4.69) is 56.1 Å². The van der Waals surface area contributed by atoms with E-state index in [1.54, 1.807) is 0 Å². The number of hydrogen-bond acceptors (Lipinski definition) is 2. The minimum atomic E-state index is 0.0995. The summed E-state index contributed by atoms with van der Waals surface area (Å²) in [5.74, 6) is 0.916. The average Bonchev–Trinajstić information content (AvgIpc) is 2.96. The fourth-order valence-electron chi connectivity index (χ4n) is 2.53. The molecule has 0 N–H and O–H groups in total. The average molecular weight is 412 g/mol. The van der Waals surface area contributed by atoms with Gasteiger partial charge in [0.15, 0.2) is 0 Å². The first-order valence-corrected chi connectivity index (χ1v) is 8.65. The predicted molar refractivity (Wildman–Crippen MR) is 91.0 cm³/mol. The quantitative estimate of drug-likeness (QED) is 0.630. The Morgan fingerprint density at radius 2 is 1.95 bits per heavy atom. The molecule has 1 aliphatic rings. The van der Waals surface area contributed by atoms with E-state index in [1.165, 1.54) is 16.7 Å². The van der Waals surface area contributed by atoms with Crippen LogP contribution < -0.4 is 4.74 Å². The minimum Gasteiger partial charge on any atom is -0.494 e. The van der Waals surface area contributed by atoms with Gasteiger partial charge in [-0.3, -0.25) is 0 Å². The van der Waals surface area contributed by atoms with Crippen LogP contribution in [0.25, 0.3) is 0 Å². The summed E-state index contributed by atoms with van der Waals surface area (Å²) in [4.78, 5) is 0.0995. The van der Waals surface area contributed by atoms with Crippen molar-refractivity contribution in [2.75, 3.05) is 6.61 Å². The lowest BCUT2D eigenvalue weighted by molar-refractivity contribution is 0.134. The van der Waals surface area contributed by atoms with Gasteiger partial charge in [0.25, 0.3) is 0 Å². The standard InChI is InChI=1S/C17H16Br2O2/c1-2-21-16-6-5-14(18)8-15(16)17(19)11-3-4-12-9-20-10-13(12)7-11/h3-8,17H,2,9-10H2,1H3. The normalized spacial score (nSPS) is 14.8. The summed E-state index contributed by atoms with van der Waals surface area (Å²) < 4.78 is 12.3. The molecule has 21 heavy (non-hydrogen) atoms. The fourth-order valence-corrected chi connectivity index (χ4v) is 3.55. The lowest BCUT2D eigenvalue weighted by atomic mass is 10.00. The van der Waals surface area contributed by atoms with E-state index < -0.39 is 0 Å². The van der Waals surface area contributed by atoms with Crippen molar-refractivity contribution in [2.24, 2.45) is 0 Å². The molecule has 1 unspecified atom stereocenters. The highest BCUT2D eigenvalue weighted by Gasteiger charge is 2.19. The van der Waals surface area contributed by atoms with Gasteiger partial charge in [-0.1, -0.05) is 50.1 Å². The van der Waals surface area contributed by atoms with Gasteiger partial charge in [-0.2, -0.15) is 0 Å². The predicted octanol–water partition coefficient (Wildman–Crippen LogP) is 5.36. The van der Waals surface area contributed by atoms with E-state index >= 15 is 0 Å². The molecule has 0 bridgehead atoms. The molecule has 1 atom stereocenters. The number of hydrogen-bond donors (Lipinski definition) is 0. The van der Waals surface area contributed by atoms with Crippen LogP contribution in [-0.4, -0.2) is 6.61 Å². The Hall–Kier alpha value is -0.840. The van der Waals surface area contributed by atoms with E-state index in [-0.39, 0.29) is 4.83 Å². The van der Waals surface area contributed by atoms with Crippen LogP contribution in [0.5, 0.6) is 5.75 Å². The molecule has 0 radical (unpaired) electrons. The maximum atomic E-state index is 5.75. The summed E-state index contributed by atoms with van der Waals surface area (Å²) in [6, 6.07) is 12.7. The van der Waals surface area contributed by atoms with Crippen molar-refractivity contribution in [1.29, 1.82) is 0 Å². The third-order valence-electron chi connectivity index (χ3n) is 3.58. The summed E-state index contributed by atoms with van der Waals surface area (Å²) in [7, 11) is 0. The lowest BCUT2D eigenvalue weighted by Gasteiger charge is -2.17. The van der Waals surface area contributed by atoms with Crippen LogP contribution in [0.4, 0.5) is 0 Å². The molecule has 0 saturated heterocycles. The smallest absolute Gasteiger partial charge is 0.124 e. The second kappa shape index (κ2) is 6.51. The zero-order chi connectivity index (χ0) is 14.8. The Morgan fingerprint density at radius 1 is 1.14 bits per heavy atom. The van der Waals surface area contributed by atoms with Crippen molar-refractivity contribution >= 4 is 31.9 Å². The van der Waals surface area contributed by atoms with Crippen molar-refractivity contribution in [3.8, 4) is 5.75 Å². The highest BCUT2D eigenvalue weighted by Crippen LogP contribution is 2.39. The second-order valence-corrected chi connectivity index (χ2v) is 6.83. The van der Waals surface area contributed by atoms with E-state index in [0.717, 1.165) is 22.4 Å². The van der Waals surface area contributed by atoms with Crippen LogP contribution in [0.1, 0.15) is 34.0 Å². The third-order valence-corrected chi connectivity index (χ3v) is 5.10. The van der Waals surface area contributed by atoms with Gasteiger partial charge in [-0.05, 0) is 41.8 Å². The third kappa shape index (κ3) is 3.17. The lowest BCUT2D eigenvalue weighted by Crippen LogP contribution is -2.00. The van der Waals surface area contributed by atoms with Gasteiger partial charge in [0.1, 0.15) is 5.75 Å². The van der Waals surface area contributed by atoms with Crippen molar-refractivity contribution in [1.82, 2.24) is 0 Å². The van der Waals surface area contributed by atoms with E-state index in [4.69, 9.17) is 9.47 Å². The van der Waals surface area contributed by atoms with Crippen LogP contribution in [0.2, 0.25) is 0 Å². The van der Waals surface area contributed by atoms with Crippen molar-refractivity contribution in [3.63, 3.8) is 0 Å². The van der Waals surface area contributed by atoms with Gasteiger partial charge < -0.3 is 9.47 Å². The molecular weight excluding hydrogens is 396 g/mol. The number of ether oxygens (including phenoxy) is 2. The molecular formula is C17H16Br2O2. The molecule has 0 aliphatic carbocycles. The molecule has 2 nitrogen and oxygen atoms in total. The Bertz CT molecular complexity index is 655. The minimum absolute atomic E-state index is 0.0995. The Morgan fingerprint density at radius 3 is 2.76 bits per heavy atom. The summed E-state index contributed by atoms with van der Waals surface area (Å²) >= 11 is 7.36. The molecule has 3 rings (SSSR count). The van der Waals surface area contributed by atoms with Gasteiger partial charge in [-0.15, -0.1) is 0 Å². The summed E-state index contributed by atoms with van der Waals surface area (Å²) in [6.07, 6.45) is 0. The highest BCUT2D eigenvalue weighted by atomic mass is 79.9. The second-order valence-electron chi connectivity index (χ2n) is 5.00. The van der Waals surface area contributed by atoms with E-state index in [0.29, 0.717) is 13.2 Å². The van der Waals surface area contributed by atoms with Crippen molar-refractivity contribution < 1.29 is 9.47 Å². The molecule has 110 valence electrons. The Kier molecular flexibility index (Phi) is 4.67. The van der Waals surface area contributed by atoms with Gasteiger partial charge in [-0.25, -0.2) is 0 Å². The van der Waals surface area contributed by atoms with Crippen molar-refractivity contribution in [3.05, 3.63) is 63.1 Å². The molecule has 0 spiro atoms. The SMILES string of the molecule is CCOc1ccc(Br)cc1C(Br)c1ccc2c(c1)COC2. The number of halogens is 2. The molecule has 4 heteroatoms. The van der Waals surface area contributed by atoms with Gasteiger partial charge in [0.2, 0.25) is 0 Å². The molecule has 0 fully saturated rings. The van der Waals surface area contributed by atoms with Gasteiger partial charge in [0, 0.05) is 10.0 Å². The van der Waals surface area contributed by atoms with Crippen LogP contribution in [-0.2, 0) is 18.0 Å². The zero-order valence-electron chi connectivity index (χ0n) is 11.7. The van der Waals surface area contributed by atoms with E-state index in [9.17, 15) is 0 Å². The molecule has 1 heterocycles. The first-order chi connectivity index (χ1) is 10.2. The maximum absolute atomic E-state index is 5.75. The maximum Gasteiger partial charge on any atom is 0.124 e. The van der Waals surface area contributed by atoms with Gasteiger partial charge >= 0.3 is 0 Å². The Labute approximate surface area is 141 Å². The van der Waals surface area contributed by atoms with Crippen LogP contribution in [0, 0.1) is 0 Å². The van der Waals surface area contributed by atoms with Crippen LogP contribution in [0.3, 0.4) is 0 Å². The highest BCUT2D eigenvalue weighted by molar-refractivity contribution is 9.10. The molecule has 1 aliphatic heterocycles. The fraction of sp³-hybridized carbons (Fsp3) is 0.294. The number of rotatable bonds is 4. The summed E-state index contributed by atoms with van der Waals surface area (Å²) in [5.41, 5.74) is 4.92. The summed E-state index contributed by atoms with van der Waals surface area (Å²) in [5, 5.41) is 0. The zero-order valence-corrected chi connectivity index (χ0v) is 14.9. The number of fused-ring (bicyclic) bond motifs is 1. The van der Waals surface area contributed by atoms with E-state index in [1.807, 2.05) is 19.1 Å². The van der Waals surface area contributed by atoms with Crippen LogP contribution >= 0.6 is 31.9 Å². The Balaban J connectivity index is 1.97. The van der Waals surface area contributed by atoms with Gasteiger partial charge in [0.05, 0.1) is 24.6 Å². The molecule has 2 aromatic carbocycles. The van der Waals surface area contributed by atoms with Crippen LogP contribution in [0.15, 0.2) is 40.9 Å². The number of benzene rings is 2. The molecule has 2 aromatic rings. The number of alkyl halides is 1. The first kappa shape index (κ1) is 15.1. The molecule has 0 saturated carbocycles. The monoisotopic (exact) mass is 410 g/mol. The first-order valence-electron chi connectivity index (χ1n) is 6.94. The largest absolute Gasteiger partial charge is 0.494 e. The van der Waals surface area contributed by atoms with Crippen molar-refractivity contribution in [2.45, 2.75) is 25.0 Å². The molecule has 0 aromatic heterocycles. The molecule has 0 amide bonds. The topological polar surface area (TPSA) is 18.5 Å².